The molecule has 5 nitrogen and oxygen atoms in total. The summed E-state index contributed by atoms with van der Waals surface area (Å²) in [5.41, 5.74) is 0.742. The van der Waals surface area contributed by atoms with E-state index >= 15 is 0 Å². The average molecular weight is 219 g/mol. The fourth-order valence-electron chi connectivity index (χ4n) is 1.44. The van der Waals surface area contributed by atoms with Crippen LogP contribution in [-0.2, 0) is 9.59 Å². The minimum Gasteiger partial charge on any atom is -0.497 e. The maximum Gasteiger partial charge on any atom is 0.285 e. The lowest BCUT2D eigenvalue weighted by atomic mass is 10.1. The Labute approximate surface area is 91.5 Å². The summed E-state index contributed by atoms with van der Waals surface area (Å²) in [5, 5.41) is 9.15. The number of hydrogen-bond acceptors (Lipinski definition) is 4. The van der Waals surface area contributed by atoms with Gasteiger partial charge in [0.25, 0.3) is 11.8 Å². The monoisotopic (exact) mass is 219 g/mol. The predicted molar refractivity (Wildman–Crippen MR) is 54.6 cm³/mol. The Kier molecular flexibility index (Phi) is 2.46. The molecule has 2 amide bonds. The number of imide groups is 1. The highest BCUT2D eigenvalue weighted by molar-refractivity contribution is 6.32. The van der Waals surface area contributed by atoms with Crippen molar-refractivity contribution in [2.24, 2.45) is 0 Å². The summed E-state index contributed by atoms with van der Waals surface area (Å²) in [5.74, 6) is -0.784. The summed E-state index contributed by atoms with van der Waals surface area (Å²) in [6.07, 6.45) is 1.10. The molecule has 16 heavy (non-hydrogen) atoms. The van der Waals surface area contributed by atoms with E-state index in [9.17, 15) is 9.59 Å². The number of methoxy groups -OCH3 is 1. The van der Waals surface area contributed by atoms with Crippen molar-refractivity contribution in [3.8, 4) is 5.75 Å². The number of carbonyl (C=O) groups excluding carboxylic acids is 2. The molecule has 0 saturated carbocycles. The SMILES string of the molecule is COc1ccc(C2=CC(=O)N(O)C2=O)cc1. The van der Waals surface area contributed by atoms with E-state index in [1.807, 2.05) is 0 Å². The van der Waals surface area contributed by atoms with Gasteiger partial charge in [0, 0.05) is 6.08 Å². The second kappa shape index (κ2) is 3.79. The largest absolute Gasteiger partial charge is 0.497 e. The molecule has 0 radical (unpaired) electrons. The minimum absolute atomic E-state index is 0.0968. The molecule has 82 valence electrons. The molecule has 1 heterocycles. The van der Waals surface area contributed by atoms with Gasteiger partial charge >= 0.3 is 0 Å². The minimum atomic E-state index is -0.726. The van der Waals surface area contributed by atoms with Crippen molar-refractivity contribution in [1.82, 2.24) is 5.06 Å². The van der Waals surface area contributed by atoms with Gasteiger partial charge in [0.15, 0.2) is 0 Å². The van der Waals surface area contributed by atoms with E-state index < -0.39 is 11.8 Å². The van der Waals surface area contributed by atoms with Gasteiger partial charge in [0.2, 0.25) is 0 Å². The lowest BCUT2D eigenvalue weighted by Gasteiger charge is -2.05. The number of hydrogen-bond donors (Lipinski definition) is 1. The summed E-state index contributed by atoms with van der Waals surface area (Å²) in [6.45, 7) is 0. The van der Waals surface area contributed by atoms with Crippen molar-refractivity contribution in [3.05, 3.63) is 35.9 Å². The first-order valence-corrected chi connectivity index (χ1v) is 4.57. The molecular weight excluding hydrogens is 210 g/mol. The van der Waals surface area contributed by atoms with E-state index in [4.69, 9.17) is 9.94 Å². The van der Waals surface area contributed by atoms with Gasteiger partial charge in [0.05, 0.1) is 12.7 Å². The van der Waals surface area contributed by atoms with Crippen molar-refractivity contribution in [1.29, 1.82) is 0 Å². The first-order valence-electron chi connectivity index (χ1n) is 4.57. The highest BCUT2D eigenvalue weighted by Gasteiger charge is 2.30. The van der Waals surface area contributed by atoms with Gasteiger partial charge in [-0.05, 0) is 17.7 Å². The summed E-state index contributed by atoms with van der Waals surface area (Å²) in [4.78, 5) is 22.5. The molecule has 0 saturated heterocycles. The molecule has 0 atom stereocenters. The highest BCUT2D eigenvalue weighted by atomic mass is 16.5. The van der Waals surface area contributed by atoms with Crippen LogP contribution in [0.1, 0.15) is 5.56 Å². The van der Waals surface area contributed by atoms with Crippen molar-refractivity contribution in [2.75, 3.05) is 7.11 Å². The second-order valence-electron chi connectivity index (χ2n) is 3.24. The van der Waals surface area contributed by atoms with Crippen LogP contribution >= 0.6 is 0 Å². The molecule has 0 aliphatic carbocycles. The number of rotatable bonds is 2. The van der Waals surface area contributed by atoms with Gasteiger partial charge in [-0.1, -0.05) is 12.1 Å². The van der Waals surface area contributed by atoms with E-state index in [1.165, 1.54) is 7.11 Å². The molecule has 1 aliphatic heterocycles. The zero-order valence-corrected chi connectivity index (χ0v) is 8.51. The zero-order chi connectivity index (χ0) is 11.7. The Morgan fingerprint density at radius 3 is 2.25 bits per heavy atom. The number of benzene rings is 1. The fraction of sp³-hybridized carbons (Fsp3) is 0.0909. The van der Waals surface area contributed by atoms with Gasteiger partial charge in [-0.2, -0.15) is 0 Å². The Bertz CT molecular complexity index is 475. The molecule has 0 fully saturated rings. The quantitative estimate of drug-likeness (QED) is 0.591. The number of carbonyl (C=O) groups is 2. The Balaban J connectivity index is 2.35. The number of ether oxygens (including phenoxy) is 1. The third-order valence-electron chi connectivity index (χ3n) is 2.30. The van der Waals surface area contributed by atoms with Crippen molar-refractivity contribution < 1.29 is 19.5 Å². The van der Waals surface area contributed by atoms with Crippen LogP contribution < -0.4 is 4.74 Å². The normalized spacial score (nSPS) is 15.4. The second-order valence-corrected chi connectivity index (χ2v) is 3.24. The Morgan fingerprint density at radius 1 is 1.19 bits per heavy atom. The molecule has 0 bridgehead atoms. The number of nitrogens with zero attached hydrogens (tertiary/aromatic N) is 1. The molecule has 1 aromatic carbocycles. The zero-order valence-electron chi connectivity index (χ0n) is 8.51. The lowest BCUT2D eigenvalue weighted by Crippen LogP contribution is -2.26. The molecule has 0 spiro atoms. The van der Waals surface area contributed by atoms with Crippen LogP contribution in [0.15, 0.2) is 30.3 Å². The molecule has 0 aromatic heterocycles. The van der Waals surface area contributed by atoms with Crippen LogP contribution in [0, 0.1) is 0 Å². The Hall–Kier alpha value is -2.14. The molecule has 1 aromatic rings. The van der Waals surface area contributed by atoms with E-state index in [1.54, 1.807) is 24.3 Å². The summed E-state index contributed by atoms with van der Waals surface area (Å²) in [6, 6.07) is 6.64. The van der Waals surface area contributed by atoms with Crippen LogP contribution in [-0.4, -0.2) is 29.2 Å². The van der Waals surface area contributed by atoms with Crippen molar-refractivity contribution >= 4 is 17.4 Å². The molecule has 5 heteroatoms. The molecule has 2 rings (SSSR count). The Morgan fingerprint density at radius 2 is 1.81 bits per heavy atom. The molecule has 1 aliphatic rings. The average Bonchev–Trinajstić information content (AvgIpc) is 2.57. The van der Waals surface area contributed by atoms with Gasteiger partial charge in [-0.3, -0.25) is 14.8 Å². The summed E-state index contributed by atoms with van der Waals surface area (Å²) < 4.78 is 4.97. The summed E-state index contributed by atoms with van der Waals surface area (Å²) in [7, 11) is 1.54. The highest BCUT2D eigenvalue weighted by Crippen LogP contribution is 2.23. The maximum absolute atomic E-state index is 11.4. The predicted octanol–water partition coefficient (Wildman–Crippen LogP) is 0.837. The third-order valence-corrected chi connectivity index (χ3v) is 2.30. The van der Waals surface area contributed by atoms with Gasteiger partial charge in [0.1, 0.15) is 5.75 Å². The van der Waals surface area contributed by atoms with Crippen LogP contribution in [0.2, 0.25) is 0 Å². The topological polar surface area (TPSA) is 66.8 Å². The first-order chi connectivity index (χ1) is 7.63. The molecular formula is C11H9NO4. The lowest BCUT2D eigenvalue weighted by molar-refractivity contribution is -0.168. The number of amides is 2. The fourth-order valence-corrected chi connectivity index (χ4v) is 1.44. The van der Waals surface area contributed by atoms with Crippen LogP contribution in [0.25, 0.3) is 5.57 Å². The maximum atomic E-state index is 11.4. The van der Waals surface area contributed by atoms with E-state index in [2.05, 4.69) is 0 Å². The van der Waals surface area contributed by atoms with Crippen LogP contribution in [0.3, 0.4) is 0 Å². The first kappa shape index (κ1) is 10.4. The van der Waals surface area contributed by atoms with E-state index in [0.29, 0.717) is 11.3 Å². The number of hydroxylamine groups is 2. The van der Waals surface area contributed by atoms with Gasteiger partial charge in [-0.25, -0.2) is 0 Å². The third kappa shape index (κ3) is 1.57. The standard InChI is InChI=1S/C11H9NO4/c1-16-8-4-2-7(3-5-8)9-6-10(13)12(15)11(9)14/h2-6,15H,1H3. The van der Waals surface area contributed by atoms with E-state index in [0.717, 1.165) is 6.08 Å². The summed E-state index contributed by atoms with van der Waals surface area (Å²) >= 11 is 0. The van der Waals surface area contributed by atoms with E-state index in [-0.39, 0.29) is 10.6 Å². The van der Waals surface area contributed by atoms with Crippen LogP contribution in [0.5, 0.6) is 5.75 Å². The van der Waals surface area contributed by atoms with Crippen molar-refractivity contribution in [2.45, 2.75) is 0 Å². The van der Waals surface area contributed by atoms with Crippen LogP contribution in [0.4, 0.5) is 0 Å². The van der Waals surface area contributed by atoms with Crippen molar-refractivity contribution in [3.63, 3.8) is 0 Å². The van der Waals surface area contributed by atoms with Gasteiger partial charge in [-0.15, -0.1) is 5.06 Å². The molecule has 0 unspecified atom stereocenters. The smallest absolute Gasteiger partial charge is 0.285 e. The molecule has 1 N–H and O–H groups in total. The van der Waals surface area contributed by atoms with Gasteiger partial charge < -0.3 is 4.74 Å².